The molecule has 0 aromatic rings. The number of alkyl halides is 4. The lowest BCUT2D eigenvalue weighted by Gasteiger charge is -2.35. The minimum atomic E-state index is -4.60. The van der Waals surface area contributed by atoms with Gasteiger partial charge in [0.2, 0.25) is 0 Å². The van der Waals surface area contributed by atoms with Crippen LogP contribution in [-0.2, 0) is 23.7 Å². The first-order valence-corrected chi connectivity index (χ1v) is 8.83. The van der Waals surface area contributed by atoms with Crippen LogP contribution in [0.1, 0.15) is 19.3 Å². The predicted molar refractivity (Wildman–Crippen MR) is 66.3 cm³/mol. The smallest absolute Gasteiger partial charge is 0.267 e. The summed E-state index contributed by atoms with van der Waals surface area (Å²) in [6, 6.07) is 0. The molecule has 0 aliphatic heterocycles. The van der Waals surface area contributed by atoms with Crippen molar-refractivity contribution in [1.29, 1.82) is 0 Å². The maximum absolute atomic E-state index is 14.0. The van der Waals surface area contributed by atoms with Gasteiger partial charge in [0.25, 0.3) is 10.1 Å². The van der Waals surface area contributed by atoms with E-state index >= 15 is 0 Å². The van der Waals surface area contributed by atoms with Crippen molar-refractivity contribution in [3.63, 3.8) is 0 Å². The van der Waals surface area contributed by atoms with Gasteiger partial charge in [-0.3, -0.25) is 4.18 Å². The van der Waals surface area contributed by atoms with Crippen molar-refractivity contribution in [3.05, 3.63) is 0 Å². The Morgan fingerprint density at radius 1 is 1.14 bits per heavy atom. The lowest BCUT2D eigenvalue weighted by atomic mass is 9.83. The number of halogens is 4. The molecule has 2 saturated carbocycles. The number of rotatable bonds is 7. The van der Waals surface area contributed by atoms with Gasteiger partial charge < -0.3 is 0 Å². The number of hydrogen-bond donors (Lipinski definition) is 1. The van der Waals surface area contributed by atoms with Crippen LogP contribution in [0.15, 0.2) is 0 Å². The van der Waals surface area contributed by atoms with E-state index in [-0.39, 0.29) is 19.3 Å². The van der Waals surface area contributed by atoms with Crippen molar-refractivity contribution >= 4 is 22.2 Å². The van der Waals surface area contributed by atoms with Gasteiger partial charge in [0.05, 0.1) is 12.4 Å². The van der Waals surface area contributed by atoms with Gasteiger partial charge in [0, 0.05) is 5.92 Å². The highest BCUT2D eigenvalue weighted by Gasteiger charge is 2.68. The molecule has 130 valence electrons. The lowest BCUT2D eigenvalue weighted by molar-refractivity contribution is -0.434. The van der Waals surface area contributed by atoms with Gasteiger partial charge in [-0.15, -0.1) is 4.33 Å². The van der Waals surface area contributed by atoms with Gasteiger partial charge in [0.1, 0.15) is 12.0 Å². The Morgan fingerprint density at radius 3 is 2.23 bits per heavy atom. The molecule has 0 spiro atoms. The predicted octanol–water partition coefficient (Wildman–Crippen LogP) is 2.67. The Kier molecular flexibility index (Phi) is 5.01. The lowest BCUT2D eigenvalue weighted by Crippen LogP contribution is -2.47. The Morgan fingerprint density at radius 2 is 1.77 bits per heavy atom. The summed E-state index contributed by atoms with van der Waals surface area (Å²) in [5.74, 6) is -7.30. The molecule has 0 heterocycles. The van der Waals surface area contributed by atoms with Crippen molar-refractivity contribution in [2.75, 3.05) is 6.26 Å². The van der Waals surface area contributed by atoms with Crippen LogP contribution in [0.4, 0.5) is 17.6 Å². The third-order valence-corrected chi connectivity index (χ3v) is 5.32. The summed E-state index contributed by atoms with van der Waals surface area (Å²) in [6.45, 7) is 0. The number of hydrogen-bond acceptors (Lipinski definition) is 7. The molecular weight excluding hydrogens is 356 g/mol. The molecule has 4 unspecified atom stereocenters. The Bertz CT molecular complexity index is 514. The van der Waals surface area contributed by atoms with Gasteiger partial charge in [-0.1, -0.05) is 5.04 Å². The molecule has 0 aromatic carbocycles. The van der Waals surface area contributed by atoms with Crippen molar-refractivity contribution in [3.8, 4) is 0 Å². The van der Waals surface area contributed by atoms with E-state index in [0.29, 0.717) is 0 Å². The molecule has 1 N–H and O–H groups in total. The molecule has 2 aliphatic carbocycles. The molecule has 0 amide bonds. The van der Waals surface area contributed by atoms with Crippen molar-refractivity contribution in [2.24, 2.45) is 17.8 Å². The van der Waals surface area contributed by atoms with Crippen LogP contribution in [0.5, 0.6) is 0 Å². The molecule has 0 radical (unpaired) electrons. The van der Waals surface area contributed by atoms with Crippen LogP contribution >= 0.6 is 12.0 Å². The van der Waals surface area contributed by atoms with E-state index in [1.165, 1.54) is 0 Å². The second kappa shape index (κ2) is 6.06. The summed E-state index contributed by atoms with van der Waals surface area (Å²) in [6.07, 6.45) is 0.0235. The van der Waals surface area contributed by atoms with Crippen LogP contribution in [-0.4, -0.2) is 37.2 Å². The molecule has 2 rings (SSSR count). The van der Waals surface area contributed by atoms with E-state index in [1.807, 2.05) is 0 Å². The fraction of sp³-hybridized carbons (Fsp3) is 1.00. The largest absolute Gasteiger partial charge is 0.383 e. The summed E-state index contributed by atoms with van der Waals surface area (Å²) in [5.41, 5.74) is 0. The summed E-state index contributed by atoms with van der Waals surface area (Å²) in [5, 5.41) is 6.15. The highest BCUT2D eigenvalue weighted by atomic mass is 32.2. The monoisotopic (exact) mass is 370 g/mol. The third-order valence-electron chi connectivity index (χ3n) is 4.11. The van der Waals surface area contributed by atoms with E-state index in [4.69, 9.17) is 9.44 Å². The average Bonchev–Trinajstić information content (AvgIpc) is 2.93. The third kappa shape index (κ3) is 3.51. The SMILES string of the molecule is CS(=O)(=O)OC1CC2CC1CC2C(F)(F)C(F)(F)SOOO. The van der Waals surface area contributed by atoms with Crippen molar-refractivity contribution < 1.29 is 44.8 Å². The first-order valence-electron chi connectivity index (χ1n) is 6.27. The quantitative estimate of drug-likeness (QED) is 0.243. The van der Waals surface area contributed by atoms with Gasteiger partial charge in [-0.2, -0.15) is 26.0 Å². The van der Waals surface area contributed by atoms with E-state index in [2.05, 4.69) is 9.37 Å². The van der Waals surface area contributed by atoms with E-state index < -0.39 is 57.2 Å². The van der Waals surface area contributed by atoms with Crippen molar-refractivity contribution in [1.82, 2.24) is 0 Å². The molecule has 22 heavy (non-hydrogen) atoms. The fourth-order valence-corrected chi connectivity index (χ4v) is 4.40. The highest BCUT2D eigenvalue weighted by Crippen LogP contribution is 2.60. The van der Waals surface area contributed by atoms with Gasteiger partial charge in [-0.25, -0.2) is 5.26 Å². The molecule has 2 aliphatic rings. The van der Waals surface area contributed by atoms with Gasteiger partial charge >= 0.3 is 11.2 Å². The van der Waals surface area contributed by atoms with Crippen LogP contribution in [0.3, 0.4) is 0 Å². The summed E-state index contributed by atoms with van der Waals surface area (Å²) in [4.78, 5) is 0. The maximum atomic E-state index is 14.0. The van der Waals surface area contributed by atoms with Crippen LogP contribution in [0.25, 0.3) is 0 Å². The van der Waals surface area contributed by atoms with Crippen LogP contribution in [0, 0.1) is 17.8 Å². The molecule has 6 nitrogen and oxygen atoms in total. The fourth-order valence-electron chi connectivity index (χ4n) is 3.34. The standard InChI is InChI=1S/C10H14F4O6S2/c1-22(16,17)18-8-4-5-2-6(8)3-7(5)9(11,12)10(13,14)21-20-19-15/h5-8,15H,2-4H2,1H3. The molecule has 4 atom stereocenters. The first-order chi connectivity index (χ1) is 9.98. The Hall–Kier alpha value is -0.140. The minimum Gasteiger partial charge on any atom is -0.267 e. The average molecular weight is 370 g/mol. The zero-order valence-corrected chi connectivity index (χ0v) is 12.9. The molecule has 0 aromatic heterocycles. The summed E-state index contributed by atoms with van der Waals surface area (Å²) >= 11 is -0.972. The van der Waals surface area contributed by atoms with E-state index in [1.54, 1.807) is 0 Å². The van der Waals surface area contributed by atoms with Gasteiger partial charge in [0.15, 0.2) is 0 Å². The zero-order valence-electron chi connectivity index (χ0n) is 11.2. The first kappa shape index (κ1) is 18.2. The Labute approximate surface area is 128 Å². The second-order valence-corrected chi connectivity index (χ2v) is 7.95. The summed E-state index contributed by atoms with van der Waals surface area (Å²) < 4.78 is 85.4. The van der Waals surface area contributed by atoms with E-state index in [0.717, 1.165) is 6.26 Å². The van der Waals surface area contributed by atoms with Crippen molar-refractivity contribution in [2.45, 2.75) is 36.5 Å². The molecule has 0 saturated heterocycles. The zero-order chi connectivity index (χ0) is 16.8. The Balaban J connectivity index is 2.05. The summed E-state index contributed by atoms with van der Waals surface area (Å²) in [7, 11) is -3.73. The second-order valence-electron chi connectivity index (χ2n) is 5.54. The molecule has 2 fully saturated rings. The highest BCUT2D eigenvalue weighted by molar-refractivity contribution is 7.95. The maximum Gasteiger partial charge on any atom is 0.383 e. The van der Waals surface area contributed by atoms with Crippen LogP contribution < -0.4 is 0 Å². The number of fused-ring (bicyclic) bond motifs is 2. The minimum absolute atomic E-state index is 0.0178. The normalized spacial score (nSPS) is 32.6. The molecular formula is C10H14F4O6S2. The molecule has 12 heteroatoms. The van der Waals surface area contributed by atoms with Crippen LogP contribution in [0.2, 0.25) is 0 Å². The molecule has 2 bridgehead atoms. The van der Waals surface area contributed by atoms with Gasteiger partial charge in [-0.05, 0) is 31.1 Å². The van der Waals surface area contributed by atoms with E-state index in [9.17, 15) is 26.0 Å². The topological polar surface area (TPSA) is 82.1 Å².